The first-order chi connectivity index (χ1) is 17.3. The van der Waals surface area contributed by atoms with Crippen LogP contribution in [-0.2, 0) is 24.9 Å². The second kappa shape index (κ2) is 14.5. The van der Waals surface area contributed by atoms with Crippen LogP contribution in [0.25, 0.3) is 31.6 Å². The van der Waals surface area contributed by atoms with Crippen molar-refractivity contribution >= 4 is 38.1 Å². The summed E-state index contributed by atoms with van der Waals surface area (Å²) in [5, 5.41) is 12.0. The predicted octanol–water partition coefficient (Wildman–Crippen LogP) is 8.80. The Morgan fingerprint density at radius 1 is 0.973 bits per heavy atom. The molecule has 0 aliphatic rings. The second-order valence-corrected chi connectivity index (χ2v) is 10.3. The van der Waals surface area contributed by atoms with Crippen LogP contribution in [0.4, 0.5) is 0 Å². The summed E-state index contributed by atoms with van der Waals surface area (Å²) in [4.78, 5) is 21.7. The summed E-state index contributed by atoms with van der Waals surface area (Å²) in [5.41, 5.74) is 4.49. The van der Waals surface area contributed by atoms with E-state index in [0.29, 0.717) is 0 Å². The first-order valence-corrected chi connectivity index (χ1v) is 13.7. The molecular formula is C31H37IrN2O2S-. The van der Waals surface area contributed by atoms with Gasteiger partial charge in [-0.1, -0.05) is 45.9 Å². The molecule has 0 spiro atoms. The summed E-state index contributed by atoms with van der Waals surface area (Å²) in [6, 6.07) is 16.1. The molecule has 0 atom stereocenters. The zero-order chi connectivity index (χ0) is 26.2. The fraction of sp³-hybridized carbons (Fsp3) is 0.387. The minimum atomic E-state index is 0. The number of carbonyl (C=O) groups excluding carboxylic acids is 1. The normalized spacial score (nSPS) is 11.5. The van der Waals surface area contributed by atoms with E-state index in [1.807, 2.05) is 33.8 Å². The van der Waals surface area contributed by atoms with E-state index in [-0.39, 0.29) is 43.5 Å². The quantitative estimate of drug-likeness (QED) is 0.114. The number of fused-ring (bicyclic) bond motifs is 2. The smallest absolute Gasteiger partial charge is 0.162 e. The molecule has 0 unspecified atom stereocenters. The van der Waals surface area contributed by atoms with E-state index in [9.17, 15) is 9.90 Å². The van der Waals surface area contributed by atoms with Crippen LogP contribution in [-0.4, -0.2) is 20.9 Å². The van der Waals surface area contributed by atoms with Gasteiger partial charge >= 0.3 is 0 Å². The average molecular weight is 694 g/mol. The van der Waals surface area contributed by atoms with Crippen molar-refractivity contribution in [1.82, 2.24) is 9.97 Å². The number of hydrogen-bond donors (Lipinski definition) is 1. The fourth-order valence-corrected chi connectivity index (χ4v) is 5.32. The Hall–Kier alpha value is -2.40. The van der Waals surface area contributed by atoms with E-state index in [1.165, 1.54) is 21.9 Å². The third-order valence-electron chi connectivity index (χ3n) is 6.90. The van der Waals surface area contributed by atoms with Crippen molar-refractivity contribution in [3.8, 4) is 10.6 Å². The Kier molecular flexibility index (Phi) is 12.1. The number of rotatable bonds is 8. The second-order valence-electron chi connectivity index (χ2n) is 9.23. The molecule has 4 rings (SSSR count). The largest absolute Gasteiger partial charge is 0.512 e. The Morgan fingerprint density at radius 2 is 1.59 bits per heavy atom. The number of aliphatic hydroxyl groups excluding tert-OH is 1. The molecule has 2 aromatic heterocycles. The molecule has 0 fully saturated rings. The molecule has 0 bridgehead atoms. The summed E-state index contributed by atoms with van der Waals surface area (Å²) >= 11 is 1.73. The minimum absolute atomic E-state index is 0. The molecule has 1 N–H and O–H groups in total. The number of nitrogens with zero attached hydrogens (tertiary/aromatic N) is 2. The maximum Gasteiger partial charge on any atom is 0.162 e. The van der Waals surface area contributed by atoms with Gasteiger partial charge in [0.1, 0.15) is 6.33 Å². The van der Waals surface area contributed by atoms with Gasteiger partial charge in [0.2, 0.25) is 0 Å². The minimum Gasteiger partial charge on any atom is -0.512 e. The van der Waals surface area contributed by atoms with Crippen LogP contribution in [0, 0.1) is 31.7 Å². The van der Waals surface area contributed by atoms with Gasteiger partial charge in [-0.2, -0.15) is 0 Å². The third-order valence-corrected chi connectivity index (χ3v) is 7.97. The molecule has 0 saturated heterocycles. The maximum atomic E-state index is 11.7. The molecule has 0 aliphatic heterocycles. The molecule has 4 nitrogen and oxygen atoms in total. The zero-order valence-corrected chi connectivity index (χ0v) is 25.8. The number of aromatic nitrogens is 2. The van der Waals surface area contributed by atoms with Crippen molar-refractivity contribution in [3.63, 3.8) is 0 Å². The predicted molar refractivity (Wildman–Crippen MR) is 153 cm³/mol. The number of benzene rings is 2. The van der Waals surface area contributed by atoms with Gasteiger partial charge in [-0.25, -0.2) is 16.3 Å². The van der Waals surface area contributed by atoms with Crippen molar-refractivity contribution < 1.29 is 30.0 Å². The van der Waals surface area contributed by atoms with Crippen LogP contribution in [0.2, 0.25) is 0 Å². The number of aliphatic hydroxyl groups is 1. The topological polar surface area (TPSA) is 63.1 Å². The van der Waals surface area contributed by atoms with Gasteiger partial charge in [0.15, 0.2) is 5.78 Å². The molecule has 1 radical (unpaired) electrons. The molecule has 2 heterocycles. The van der Waals surface area contributed by atoms with Crippen molar-refractivity contribution in [2.24, 2.45) is 11.8 Å². The first kappa shape index (κ1) is 30.8. The standard InChI is InChI=1S/C18H13N2S.C13H24O2.Ir/c1-11-7-14-15(8-12(11)2)19-10-20-18(14)17-9-13-5-3-4-6-16(13)21-17;1-5-10(6-2)12(14)9-13(15)11(7-3)8-4;/h3-8,10H,1-2H3;9-11,14H,5-8H2,1-4H3;/q-1;;/b;12-9-;. The van der Waals surface area contributed by atoms with E-state index in [2.05, 4.69) is 60.2 Å². The number of carbonyl (C=O) groups is 1. The number of hydrogen-bond acceptors (Lipinski definition) is 5. The molecule has 0 saturated carbocycles. The van der Waals surface area contributed by atoms with E-state index in [0.717, 1.165) is 52.5 Å². The van der Waals surface area contributed by atoms with Crippen LogP contribution in [0.5, 0.6) is 0 Å². The summed E-state index contributed by atoms with van der Waals surface area (Å²) < 4.78 is 1.24. The number of ketones is 1. The summed E-state index contributed by atoms with van der Waals surface area (Å²) in [7, 11) is 0. The molecule has 2 aromatic carbocycles. The van der Waals surface area contributed by atoms with Gasteiger partial charge in [-0.3, -0.25) is 9.78 Å². The van der Waals surface area contributed by atoms with Crippen LogP contribution in [0.3, 0.4) is 0 Å². The Bertz CT molecular complexity index is 1320. The van der Waals surface area contributed by atoms with Gasteiger partial charge in [-0.15, -0.1) is 23.6 Å². The Labute approximate surface area is 238 Å². The molecule has 37 heavy (non-hydrogen) atoms. The van der Waals surface area contributed by atoms with E-state index in [1.54, 1.807) is 17.7 Å². The average Bonchev–Trinajstić information content (AvgIpc) is 3.30. The van der Waals surface area contributed by atoms with Gasteiger partial charge in [0.05, 0.1) is 11.3 Å². The van der Waals surface area contributed by atoms with Crippen molar-refractivity contribution in [2.75, 3.05) is 0 Å². The molecule has 4 aromatic rings. The van der Waals surface area contributed by atoms with E-state index >= 15 is 0 Å². The van der Waals surface area contributed by atoms with Gasteiger partial charge in [-0.05, 0) is 71.7 Å². The summed E-state index contributed by atoms with van der Waals surface area (Å²) in [6.07, 6.45) is 6.55. The van der Waals surface area contributed by atoms with Crippen LogP contribution in [0.15, 0.2) is 54.6 Å². The van der Waals surface area contributed by atoms with Crippen molar-refractivity contribution in [3.05, 3.63) is 71.8 Å². The van der Waals surface area contributed by atoms with Crippen LogP contribution < -0.4 is 0 Å². The van der Waals surface area contributed by atoms with Crippen molar-refractivity contribution in [2.45, 2.75) is 67.2 Å². The molecule has 0 amide bonds. The van der Waals surface area contributed by atoms with Gasteiger partial charge in [0.25, 0.3) is 0 Å². The third kappa shape index (κ3) is 7.56. The fourth-order valence-electron chi connectivity index (χ4n) is 4.30. The maximum absolute atomic E-state index is 11.7. The van der Waals surface area contributed by atoms with Crippen LogP contribution in [0.1, 0.15) is 64.5 Å². The van der Waals surface area contributed by atoms with Gasteiger partial charge < -0.3 is 5.11 Å². The first-order valence-electron chi connectivity index (χ1n) is 12.9. The zero-order valence-electron chi connectivity index (χ0n) is 22.6. The van der Waals surface area contributed by atoms with Crippen LogP contribution >= 0.6 is 11.3 Å². The molecular weight excluding hydrogens is 657 g/mol. The SMILES string of the molecule is CCC(CC)C(=O)/C=C(\O)C(CC)CC.Cc1cc2ncnc(-c3[c-]c4ccccc4s3)c2cc1C.[Ir]. The van der Waals surface area contributed by atoms with E-state index in [4.69, 9.17) is 0 Å². The molecule has 199 valence electrons. The van der Waals surface area contributed by atoms with Gasteiger partial charge in [0, 0.05) is 43.7 Å². The van der Waals surface area contributed by atoms with Crippen molar-refractivity contribution in [1.29, 1.82) is 0 Å². The monoisotopic (exact) mass is 694 g/mol. The van der Waals surface area contributed by atoms with E-state index < -0.39 is 0 Å². The molecule has 0 aliphatic carbocycles. The number of aryl methyl sites for hydroxylation is 2. The number of allylic oxidation sites excluding steroid dienone is 2. The Balaban J connectivity index is 0.000000271. The Morgan fingerprint density at radius 3 is 2.22 bits per heavy atom. The summed E-state index contributed by atoms with van der Waals surface area (Å²) in [6.45, 7) is 12.3. The molecule has 6 heteroatoms. The summed E-state index contributed by atoms with van der Waals surface area (Å²) in [5.74, 6) is 0.547. The number of thiophene rings is 1.